The standard InChI is InChI=1S/C19H26N6O3/c1-23-12-15(10-22-23)25-11-14(8-17(25)26)19(27)20-9-13-4-3-7-28-18(13)16-5-6-21-24(16)2/h5-6,10,12-14,18H,3-4,7-9,11H2,1-2H3,(H,20,27)/t13-,14?,18+/m0/s1. The van der Waals surface area contributed by atoms with Gasteiger partial charge in [0, 0.05) is 58.5 Å². The van der Waals surface area contributed by atoms with Gasteiger partial charge in [0.15, 0.2) is 0 Å². The van der Waals surface area contributed by atoms with Gasteiger partial charge in [-0.2, -0.15) is 10.2 Å². The fraction of sp³-hybridized carbons (Fsp3) is 0.579. The Labute approximate surface area is 163 Å². The molecule has 150 valence electrons. The second kappa shape index (κ2) is 7.75. The number of nitrogens with one attached hydrogen (secondary N) is 1. The third-order valence-electron chi connectivity index (χ3n) is 5.63. The molecule has 1 unspecified atom stereocenters. The Morgan fingerprint density at radius 3 is 2.93 bits per heavy atom. The molecule has 2 saturated heterocycles. The zero-order valence-corrected chi connectivity index (χ0v) is 16.2. The third-order valence-corrected chi connectivity index (χ3v) is 5.63. The van der Waals surface area contributed by atoms with Crippen molar-refractivity contribution in [2.45, 2.75) is 25.4 Å². The van der Waals surface area contributed by atoms with Gasteiger partial charge in [0.05, 0.1) is 23.5 Å². The topological polar surface area (TPSA) is 94.3 Å². The van der Waals surface area contributed by atoms with Crippen molar-refractivity contribution in [2.75, 3.05) is 24.6 Å². The average molecular weight is 386 g/mol. The van der Waals surface area contributed by atoms with Crippen LogP contribution in [0.15, 0.2) is 24.7 Å². The number of aryl methyl sites for hydroxylation is 2. The highest BCUT2D eigenvalue weighted by atomic mass is 16.5. The zero-order chi connectivity index (χ0) is 19.7. The summed E-state index contributed by atoms with van der Waals surface area (Å²) < 4.78 is 9.46. The SMILES string of the molecule is Cn1cc(N2CC(C(=O)NC[C@@H]3CCCO[C@H]3c3ccnn3C)CC2=O)cn1. The number of carbonyl (C=O) groups is 2. The highest BCUT2D eigenvalue weighted by molar-refractivity contribution is 6.00. The summed E-state index contributed by atoms with van der Waals surface area (Å²) in [6.07, 6.45) is 7.32. The summed E-state index contributed by atoms with van der Waals surface area (Å²) in [7, 11) is 3.71. The van der Waals surface area contributed by atoms with Gasteiger partial charge in [-0.05, 0) is 18.9 Å². The molecule has 28 heavy (non-hydrogen) atoms. The Morgan fingerprint density at radius 2 is 2.21 bits per heavy atom. The van der Waals surface area contributed by atoms with E-state index in [0.29, 0.717) is 13.1 Å². The minimum absolute atomic E-state index is 0.0399. The molecule has 4 rings (SSSR count). The summed E-state index contributed by atoms with van der Waals surface area (Å²) in [6, 6.07) is 1.96. The molecule has 2 aliphatic rings. The highest BCUT2D eigenvalue weighted by Gasteiger charge is 2.36. The molecule has 2 aromatic rings. The van der Waals surface area contributed by atoms with Crippen molar-refractivity contribution in [3.63, 3.8) is 0 Å². The van der Waals surface area contributed by atoms with E-state index in [1.807, 2.05) is 17.8 Å². The number of rotatable bonds is 5. The molecule has 2 amide bonds. The predicted octanol–water partition coefficient (Wildman–Crippen LogP) is 0.791. The van der Waals surface area contributed by atoms with Crippen LogP contribution in [0.2, 0.25) is 0 Å². The van der Waals surface area contributed by atoms with Gasteiger partial charge in [0.1, 0.15) is 6.10 Å². The van der Waals surface area contributed by atoms with Crippen LogP contribution in [0.4, 0.5) is 5.69 Å². The molecule has 0 spiro atoms. The molecule has 9 nitrogen and oxygen atoms in total. The lowest BCUT2D eigenvalue weighted by molar-refractivity contribution is -0.127. The minimum atomic E-state index is -0.340. The predicted molar refractivity (Wildman–Crippen MR) is 101 cm³/mol. The molecular weight excluding hydrogens is 360 g/mol. The molecule has 9 heteroatoms. The maximum absolute atomic E-state index is 12.7. The van der Waals surface area contributed by atoms with Gasteiger partial charge < -0.3 is 15.0 Å². The molecule has 0 saturated carbocycles. The van der Waals surface area contributed by atoms with E-state index in [1.54, 1.807) is 35.2 Å². The van der Waals surface area contributed by atoms with Crippen LogP contribution < -0.4 is 10.2 Å². The Bertz CT molecular complexity index is 859. The van der Waals surface area contributed by atoms with E-state index < -0.39 is 0 Å². The van der Waals surface area contributed by atoms with Gasteiger partial charge in [-0.3, -0.25) is 19.0 Å². The Balaban J connectivity index is 1.36. The number of hydrogen-bond acceptors (Lipinski definition) is 5. The first kappa shape index (κ1) is 18.7. The summed E-state index contributed by atoms with van der Waals surface area (Å²) in [6.45, 7) is 1.65. The first-order valence-electron chi connectivity index (χ1n) is 9.69. The average Bonchev–Trinajstić information content (AvgIpc) is 3.40. The smallest absolute Gasteiger partial charge is 0.227 e. The van der Waals surface area contributed by atoms with Gasteiger partial charge in [-0.1, -0.05) is 0 Å². The summed E-state index contributed by atoms with van der Waals surface area (Å²) in [5, 5.41) is 11.4. The fourth-order valence-electron chi connectivity index (χ4n) is 4.10. The lowest BCUT2D eigenvalue weighted by atomic mass is 9.91. The van der Waals surface area contributed by atoms with Gasteiger partial charge >= 0.3 is 0 Å². The van der Waals surface area contributed by atoms with E-state index in [9.17, 15) is 9.59 Å². The van der Waals surface area contributed by atoms with Crippen LogP contribution in [0.3, 0.4) is 0 Å². The Kier molecular flexibility index (Phi) is 5.17. The van der Waals surface area contributed by atoms with Crippen molar-refractivity contribution in [2.24, 2.45) is 25.9 Å². The van der Waals surface area contributed by atoms with Crippen LogP contribution in [-0.2, 0) is 28.4 Å². The first-order valence-corrected chi connectivity index (χ1v) is 9.69. The second-order valence-corrected chi connectivity index (χ2v) is 7.60. The lowest BCUT2D eigenvalue weighted by Crippen LogP contribution is -2.39. The van der Waals surface area contributed by atoms with Crippen LogP contribution in [-0.4, -0.2) is 51.1 Å². The van der Waals surface area contributed by atoms with Gasteiger partial charge in [-0.25, -0.2) is 0 Å². The Morgan fingerprint density at radius 1 is 1.36 bits per heavy atom. The molecule has 4 heterocycles. The maximum Gasteiger partial charge on any atom is 0.227 e. The van der Waals surface area contributed by atoms with E-state index >= 15 is 0 Å². The maximum atomic E-state index is 12.7. The van der Waals surface area contributed by atoms with Crippen LogP contribution in [0.5, 0.6) is 0 Å². The number of hydrogen-bond donors (Lipinski definition) is 1. The summed E-state index contributed by atoms with van der Waals surface area (Å²) in [5.74, 6) is -0.261. The van der Waals surface area contributed by atoms with Crippen molar-refractivity contribution in [3.05, 3.63) is 30.4 Å². The van der Waals surface area contributed by atoms with E-state index in [1.165, 1.54) is 0 Å². The molecule has 0 aliphatic carbocycles. The summed E-state index contributed by atoms with van der Waals surface area (Å²) in [4.78, 5) is 26.7. The first-order chi connectivity index (χ1) is 13.5. The second-order valence-electron chi connectivity index (χ2n) is 7.60. The van der Waals surface area contributed by atoms with Crippen LogP contribution in [0.1, 0.15) is 31.1 Å². The molecule has 2 aromatic heterocycles. The zero-order valence-electron chi connectivity index (χ0n) is 16.2. The fourth-order valence-corrected chi connectivity index (χ4v) is 4.10. The van der Waals surface area contributed by atoms with E-state index in [4.69, 9.17) is 4.74 Å². The highest BCUT2D eigenvalue weighted by Crippen LogP contribution is 2.33. The largest absolute Gasteiger partial charge is 0.372 e. The molecule has 2 aliphatic heterocycles. The van der Waals surface area contributed by atoms with Crippen molar-refractivity contribution in [1.82, 2.24) is 24.9 Å². The molecular formula is C19H26N6O3. The molecule has 0 radical (unpaired) electrons. The van der Waals surface area contributed by atoms with Crippen molar-refractivity contribution in [1.29, 1.82) is 0 Å². The monoisotopic (exact) mass is 386 g/mol. The van der Waals surface area contributed by atoms with Crippen molar-refractivity contribution >= 4 is 17.5 Å². The normalized spacial score (nSPS) is 25.3. The molecule has 2 fully saturated rings. The van der Waals surface area contributed by atoms with E-state index in [2.05, 4.69) is 15.5 Å². The van der Waals surface area contributed by atoms with Gasteiger partial charge in [0.2, 0.25) is 11.8 Å². The minimum Gasteiger partial charge on any atom is -0.372 e. The molecule has 3 atom stereocenters. The van der Waals surface area contributed by atoms with Gasteiger partial charge in [-0.15, -0.1) is 0 Å². The molecule has 0 bridgehead atoms. The molecule has 1 N–H and O–H groups in total. The van der Waals surface area contributed by atoms with Gasteiger partial charge in [0.25, 0.3) is 0 Å². The number of amides is 2. The summed E-state index contributed by atoms with van der Waals surface area (Å²) in [5.41, 5.74) is 1.76. The number of carbonyl (C=O) groups excluding carboxylic acids is 2. The van der Waals surface area contributed by atoms with Crippen molar-refractivity contribution < 1.29 is 14.3 Å². The third kappa shape index (κ3) is 3.66. The number of nitrogens with zero attached hydrogens (tertiary/aromatic N) is 5. The van der Waals surface area contributed by atoms with E-state index in [-0.39, 0.29) is 36.2 Å². The lowest BCUT2D eigenvalue weighted by Gasteiger charge is -2.32. The number of aromatic nitrogens is 4. The quantitative estimate of drug-likeness (QED) is 0.820. The summed E-state index contributed by atoms with van der Waals surface area (Å²) >= 11 is 0. The molecule has 0 aromatic carbocycles. The number of ether oxygens (including phenoxy) is 1. The van der Waals surface area contributed by atoms with Crippen molar-refractivity contribution in [3.8, 4) is 0 Å². The van der Waals surface area contributed by atoms with Crippen LogP contribution >= 0.6 is 0 Å². The van der Waals surface area contributed by atoms with E-state index in [0.717, 1.165) is 30.8 Å². The number of anilines is 1. The van der Waals surface area contributed by atoms with Crippen LogP contribution in [0.25, 0.3) is 0 Å². The van der Waals surface area contributed by atoms with Crippen LogP contribution in [0, 0.1) is 11.8 Å². The Hall–Kier alpha value is -2.68.